The van der Waals surface area contributed by atoms with Crippen molar-refractivity contribution < 1.29 is 4.79 Å². The van der Waals surface area contributed by atoms with Gasteiger partial charge in [-0.25, -0.2) is 4.98 Å². The van der Waals surface area contributed by atoms with Crippen molar-refractivity contribution in [3.05, 3.63) is 34.5 Å². The lowest BCUT2D eigenvalue weighted by Crippen LogP contribution is -2.27. The molecule has 0 radical (unpaired) electrons. The van der Waals surface area contributed by atoms with Gasteiger partial charge in [0.05, 0.1) is 4.47 Å². The topological polar surface area (TPSA) is 33.2 Å². The van der Waals surface area contributed by atoms with Crippen molar-refractivity contribution in [3.8, 4) is 0 Å². The van der Waals surface area contributed by atoms with E-state index in [2.05, 4.69) is 27.0 Å². The molecule has 0 N–H and O–H groups in total. The number of aromatic nitrogens is 1. The second-order valence-corrected chi connectivity index (χ2v) is 5.40. The summed E-state index contributed by atoms with van der Waals surface area (Å²) in [6.07, 6.45) is 9.05. The molecule has 1 amide bonds. The number of hydrogen-bond donors (Lipinski definition) is 0. The number of allylic oxidation sites excluding steroid dienone is 1. The Labute approximate surface area is 116 Å². The molecule has 0 saturated heterocycles. The van der Waals surface area contributed by atoms with Crippen molar-refractivity contribution in [2.45, 2.75) is 32.1 Å². The number of amides is 1. The lowest BCUT2D eigenvalue weighted by molar-refractivity contribution is -0.117. The van der Waals surface area contributed by atoms with Crippen LogP contribution in [0.3, 0.4) is 0 Å². The van der Waals surface area contributed by atoms with E-state index in [0.717, 1.165) is 17.3 Å². The third kappa shape index (κ3) is 3.19. The molecule has 0 fully saturated rings. The molecule has 0 spiro atoms. The largest absolute Gasteiger partial charge is 0.299 e. The van der Waals surface area contributed by atoms with Gasteiger partial charge in [-0.3, -0.25) is 9.69 Å². The van der Waals surface area contributed by atoms with Gasteiger partial charge in [0.2, 0.25) is 5.91 Å². The molecular weight excluding hydrogens is 292 g/mol. The van der Waals surface area contributed by atoms with Crippen molar-refractivity contribution in [3.63, 3.8) is 0 Å². The second kappa shape index (κ2) is 6.14. The van der Waals surface area contributed by atoms with E-state index >= 15 is 0 Å². The van der Waals surface area contributed by atoms with Crippen LogP contribution in [0.1, 0.15) is 32.1 Å². The maximum atomic E-state index is 12.2. The van der Waals surface area contributed by atoms with E-state index in [0.29, 0.717) is 12.2 Å². The highest BCUT2D eigenvalue weighted by molar-refractivity contribution is 9.10. The summed E-state index contributed by atoms with van der Waals surface area (Å²) in [5.74, 6) is 0.779. The summed E-state index contributed by atoms with van der Waals surface area (Å²) < 4.78 is 0.846. The number of pyridine rings is 1. The molecule has 96 valence electrons. The van der Waals surface area contributed by atoms with Crippen molar-refractivity contribution in [2.75, 3.05) is 11.9 Å². The molecule has 2 rings (SSSR count). The number of carbonyl (C=O) groups excluding carboxylic acids is 1. The van der Waals surface area contributed by atoms with Gasteiger partial charge in [0.15, 0.2) is 0 Å². The minimum absolute atomic E-state index is 0.0996. The van der Waals surface area contributed by atoms with Crippen molar-refractivity contribution in [1.82, 2.24) is 4.98 Å². The molecule has 4 heteroatoms. The fourth-order valence-electron chi connectivity index (χ4n) is 2.12. The van der Waals surface area contributed by atoms with E-state index in [4.69, 9.17) is 0 Å². The maximum Gasteiger partial charge on any atom is 0.231 e. The highest BCUT2D eigenvalue weighted by Gasteiger charge is 2.16. The lowest BCUT2D eigenvalue weighted by Gasteiger charge is -2.19. The molecular formula is C14H17BrN2O. The molecule has 0 saturated carbocycles. The molecule has 0 aliphatic heterocycles. The van der Waals surface area contributed by atoms with E-state index in [1.165, 1.54) is 18.4 Å². The smallest absolute Gasteiger partial charge is 0.231 e. The van der Waals surface area contributed by atoms with E-state index in [-0.39, 0.29) is 5.91 Å². The van der Waals surface area contributed by atoms with Gasteiger partial charge in [0.1, 0.15) is 5.82 Å². The normalized spacial score (nSPS) is 15.1. The third-order valence-electron chi connectivity index (χ3n) is 3.19. The Hall–Kier alpha value is -1.16. The average molecular weight is 309 g/mol. The van der Waals surface area contributed by atoms with E-state index in [1.54, 1.807) is 18.1 Å². The van der Waals surface area contributed by atoms with E-state index in [1.807, 2.05) is 12.1 Å². The summed E-state index contributed by atoms with van der Waals surface area (Å²) in [5.41, 5.74) is 1.27. The zero-order valence-electron chi connectivity index (χ0n) is 10.5. The van der Waals surface area contributed by atoms with Gasteiger partial charge < -0.3 is 0 Å². The van der Waals surface area contributed by atoms with Gasteiger partial charge in [-0.1, -0.05) is 11.6 Å². The van der Waals surface area contributed by atoms with Crippen LogP contribution in [-0.4, -0.2) is 17.9 Å². The quantitative estimate of drug-likeness (QED) is 0.798. The zero-order valence-corrected chi connectivity index (χ0v) is 12.1. The van der Waals surface area contributed by atoms with Gasteiger partial charge >= 0.3 is 0 Å². The maximum absolute atomic E-state index is 12.2. The van der Waals surface area contributed by atoms with Gasteiger partial charge in [-0.15, -0.1) is 0 Å². The summed E-state index contributed by atoms with van der Waals surface area (Å²) in [5, 5.41) is 0. The van der Waals surface area contributed by atoms with Crippen LogP contribution in [0.2, 0.25) is 0 Å². The van der Waals surface area contributed by atoms with Crippen LogP contribution in [0.15, 0.2) is 34.5 Å². The lowest BCUT2D eigenvalue weighted by atomic mass is 9.97. The highest BCUT2D eigenvalue weighted by atomic mass is 79.9. The Morgan fingerprint density at radius 3 is 3.00 bits per heavy atom. The first-order valence-corrected chi connectivity index (χ1v) is 7.03. The summed E-state index contributed by atoms with van der Waals surface area (Å²) in [4.78, 5) is 18.0. The van der Waals surface area contributed by atoms with Crippen LogP contribution in [0, 0.1) is 0 Å². The average Bonchev–Trinajstić information content (AvgIpc) is 2.39. The number of anilines is 1. The Kier molecular flexibility index (Phi) is 4.53. The third-order valence-corrected chi connectivity index (χ3v) is 3.81. The van der Waals surface area contributed by atoms with Crippen LogP contribution in [-0.2, 0) is 4.79 Å². The summed E-state index contributed by atoms with van der Waals surface area (Å²) in [7, 11) is 1.78. The Morgan fingerprint density at radius 1 is 1.50 bits per heavy atom. The Bertz CT molecular complexity index is 471. The molecule has 0 aromatic carbocycles. The first kappa shape index (κ1) is 13.3. The van der Waals surface area contributed by atoms with Crippen molar-refractivity contribution in [2.24, 2.45) is 0 Å². The van der Waals surface area contributed by atoms with E-state index in [9.17, 15) is 4.79 Å². The first-order chi connectivity index (χ1) is 8.68. The van der Waals surface area contributed by atoms with Crippen molar-refractivity contribution in [1.29, 1.82) is 0 Å². The molecule has 18 heavy (non-hydrogen) atoms. The minimum atomic E-state index is 0.0996. The molecule has 1 aromatic rings. The van der Waals surface area contributed by atoms with Crippen LogP contribution in [0.5, 0.6) is 0 Å². The highest BCUT2D eigenvalue weighted by Crippen LogP contribution is 2.25. The number of halogens is 1. The van der Waals surface area contributed by atoms with Crippen molar-refractivity contribution >= 4 is 27.7 Å². The molecule has 1 aliphatic rings. The number of hydrogen-bond acceptors (Lipinski definition) is 2. The first-order valence-electron chi connectivity index (χ1n) is 6.23. The summed E-state index contributed by atoms with van der Waals surface area (Å²) >= 11 is 3.42. The van der Waals surface area contributed by atoms with Gasteiger partial charge in [-0.2, -0.15) is 0 Å². The number of carbonyl (C=O) groups is 1. The molecule has 0 unspecified atom stereocenters. The minimum Gasteiger partial charge on any atom is -0.299 e. The van der Waals surface area contributed by atoms with Gasteiger partial charge in [-0.05, 0) is 53.7 Å². The van der Waals surface area contributed by atoms with Gasteiger partial charge in [0.25, 0.3) is 0 Å². The Balaban J connectivity index is 2.05. The fourth-order valence-corrected chi connectivity index (χ4v) is 2.64. The molecule has 0 bridgehead atoms. The predicted molar refractivity (Wildman–Crippen MR) is 76.5 cm³/mol. The molecule has 0 atom stereocenters. The predicted octanol–water partition coefficient (Wildman–Crippen LogP) is 3.70. The SMILES string of the molecule is CN(C(=O)CC1=CCCCC1)c1ncccc1Br. The number of rotatable bonds is 3. The second-order valence-electron chi connectivity index (χ2n) is 4.55. The molecule has 3 nitrogen and oxygen atoms in total. The van der Waals surface area contributed by atoms with Crippen LogP contribution in [0.25, 0.3) is 0 Å². The fraction of sp³-hybridized carbons (Fsp3) is 0.429. The molecule has 1 aliphatic carbocycles. The Morgan fingerprint density at radius 2 is 2.33 bits per heavy atom. The molecule has 1 heterocycles. The van der Waals surface area contributed by atoms with Crippen LogP contribution >= 0.6 is 15.9 Å². The van der Waals surface area contributed by atoms with Crippen LogP contribution < -0.4 is 4.90 Å². The number of nitrogens with zero attached hydrogens (tertiary/aromatic N) is 2. The van der Waals surface area contributed by atoms with E-state index < -0.39 is 0 Å². The summed E-state index contributed by atoms with van der Waals surface area (Å²) in [6.45, 7) is 0. The zero-order chi connectivity index (χ0) is 13.0. The molecule has 1 aromatic heterocycles. The summed E-state index contributed by atoms with van der Waals surface area (Å²) in [6, 6.07) is 3.74. The van der Waals surface area contributed by atoms with Crippen LogP contribution in [0.4, 0.5) is 5.82 Å². The van der Waals surface area contributed by atoms with Gasteiger partial charge in [0, 0.05) is 19.7 Å². The standard InChI is InChI=1S/C14H17BrN2O/c1-17(14-12(15)8-5-9-16-14)13(18)10-11-6-3-2-4-7-11/h5-6,8-9H,2-4,7,10H2,1H3. The monoisotopic (exact) mass is 308 g/mol.